The summed E-state index contributed by atoms with van der Waals surface area (Å²) in [5.41, 5.74) is 1.31. The van der Waals surface area contributed by atoms with E-state index < -0.39 is 75.9 Å². The number of aromatic amines is 1. The molecule has 6 N–H and O–H groups in total. The van der Waals surface area contributed by atoms with E-state index in [2.05, 4.69) is 41.1 Å². The lowest BCUT2D eigenvalue weighted by Crippen LogP contribution is -2.58. The van der Waals surface area contributed by atoms with Gasteiger partial charge in [-0.15, -0.1) is 11.3 Å². The highest BCUT2D eigenvalue weighted by atomic mass is 32.1. The van der Waals surface area contributed by atoms with Gasteiger partial charge in [0, 0.05) is 120 Å². The number of hydrogen-bond acceptors (Lipinski definition) is 17. The first-order chi connectivity index (χ1) is 43.2. The van der Waals surface area contributed by atoms with Crippen LogP contribution in [0.5, 0.6) is 0 Å². The Balaban J connectivity index is 0.696. The van der Waals surface area contributed by atoms with Gasteiger partial charge in [-0.05, 0) is 68.6 Å². The van der Waals surface area contributed by atoms with Gasteiger partial charge in [0.25, 0.3) is 5.91 Å². The fraction of sp³-hybridized carbons (Fsp3) is 0.508. The maximum Gasteiger partial charge on any atom is 0.417 e. The summed E-state index contributed by atoms with van der Waals surface area (Å²) in [6, 6.07) is 12.1. The Hall–Kier alpha value is -7.89. The fourth-order valence-electron chi connectivity index (χ4n) is 11.1. The number of H-pyrrole nitrogens is 1. The molecule has 0 radical (unpaired) electrons. The summed E-state index contributed by atoms with van der Waals surface area (Å²) in [6.07, 6.45) is -3.73. The number of nitrogens with zero attached hydrogens (tertiary/aromatic N) is 7. The van der Waals surface area contributed by atoms with Crippen LogP contribution in [0, 0.1) is 18.2 Å². The van der Waals surface area contributed by atoms with Crippen molar-refractivity contribution < 1.29 is 65.6 Å². The van der Waals surface area contributed by atoms with Crippen molar-refractivity contribution >= 4 is 64.0 Å². The highest BCUT2D eigenvalue weighted by molar-refractivity contribution is 7.13. The molecule has 3 aliphatic rings. The van der Waals surface area contributed by atoms with Gasteiger partial charge in [-0.3, -0.25) is 38.5 Å². The van der Waals surface area contributed by atoms with Gasteiger partial charge in [-0.2, -0.15) is 13.2 Å². The second-order valence-corrected chi connectivity index (χ2v) is 24.9. The summed E-state index contributed by atoms with van der Waals surface area (Å²) in [5, 5.41) is 21.5. The average Bonchev–Trinajstić information content (AvgIpc) is 1.33. The van der Waals surface area contributed by atoms with Crippen LogP contribution in [0.25, 0.3) is 21.6 Å². The van der Waals surface area contributed by atoms with Crippen LogP contribution in [0.2, 0.25) is 0 Å². The minimum absolute atomic E-state index is 0.00259. The second-order valence-electron chi connectivity index (χ2n) is 24.0. The molecule has 3 aromatic heterocycles. The SMILES string of the molecule is Cc1ncsc1-c1ccc(CNC(=O)[C@@H]2C[C@@H](O)CN2C(=O)[C@@H](NC(=O)COCCOCCOCCNC(=O)CCC(=O)N2CCN(c3ccc(-c4cc(NC(=O)c5c[nH]c(=O)cc5C(F)(F)F)c(N5C[C@@H](C)N(C)[C@@H](C)C5)cc4F)cn3)CC2)C(C)(C)C)cc1. The average molecular weight is 1290 g/mol. The van der Waals surface area contributed by atoms with E-state index in [0.29, 0.717) is 62.9 Å². The summed E-state index contributed by atoms with van der Waals surface area (Å²) >= 11 is 1.55. The first-order valence-corrected chi connectivity index (χ1v) is 31.1. The molecule has 0 bridgehead atoms. The highest BCUT2D eigenvalue weighted by Gasteiger charge is 2.45. The molecular formula is C63H80F4N12O11S. The number of alkyl halides is 3. The molecule has 0 unspecified atom stereocenters. The predicted molar refractivity (Wildman–Crippen MR) is 334 cm³/mol. The van der Waals surface area contributed by atoms with E-state index >= 15 is 4.39 Å². The lowest BCUT2D eigenvalue weighted by Gasteiger charge is -2.44. The predicted octanol–water partition coefficient (Wildman–Crippen LogP) is 5.21. The number of β-amino-alcohol motifs (C(OH)–C–C–N with tert-alkyl or cyclic N) is 1. The van der Waals surface area contributed by atoms with E-state index in [4.69, 9.17) is 14.2 Å². The number of aliphatic hydroxyl groups is 1. The first-order valence-electron chi connectivity index (χ1n) is 30.2. The number of likely N-dealkylation sites (tertiary alicyclic amines) is 1. The summed E-state index contributed by atoms with van der Waals surface area (Å²) in [7, 11) is 1.96. The number of pyridine rings is 2. The van der Waals surface area contributed by atoms with Crippen molar-refractivity contribution in [3.8, 4) is 21.6 Å². The van der Waals surface area contributed by atoms with Crippen molar-refractivity contribution in [2.75, 3.05) is 114 Å². The molecule has 6 amide bonds. The number of thiazole rings is 1. The van der Waals surface area contributed by atoms with Crippen LogP contribution in [0.4, 0.5) is 34.8 Å². The second kappa shape index (κ2) is 31.0. The quantitative estimate of drug-likeness (QED) is 0.0323. The number of nitrogens with one attached hydrogen (secondary N) is 5. The molecule has 0 saturated carbocycles. The van der Waals surface area contributed by atoms with Crippen LogP contribution < -0.4 is 36.6 Å². The lowest BCUT2D eigenvalue weighted by molar-refractivity contribution is -0.144. The van der Waals surface area contributed by atoms with E-state index in [1.54, 1.807) is 54.7 Å². The number of halogens is 4. The zero-order chi connectivity index (χ0) is 65.7. The molecule has 28 heteroatoms. The van der Waals surface area contributed by atoms with Gasteiger partial charge in [-0.1, -0.05) is 45.0 Å². The van der Waals surface area contributed by atoms with Crippen molar-refractivity contribution in [2.45, 2.75) is 104 Å². The Labute approximate surface area is 529 Å². The monoisotopic (exact) mass is 1290 g/mol. The summed E-state index contributed by atoms with van der Waals surface area (Å²) < 4.78 is 74.8. The molecule has 6 heterocycles. The van der Waals surface area contributed by atoms with Gasteiger partial charge in [-0.25, -0.2) is 14.4 Å². The summed E-state index contributed by atoms with van der Waals surface area (Å²) in [6.45, 7) is 14.6. The van der Waals surface area contributed by atoms with E-state index in [1.165, 1.54) is 23.2 Å². The topological polar surface area (TPSA) is 273 Å². The number of anilines is 3. The molecule has 0 aliphatic carbocycles. The van der Waals surface area contributed by atoms with Crippen molar-refractivity contribution in [3.63, 3.8) is 0 Å². The molecule has 23 nitrogen and oxygen atoms in total. The largest absolute Gasteiger partial charge is 0.417 e. The van der Waals surface area contributed by atoms with E-state index in [0.717, 1.165) is 21.7 Å². The zero-order valence-electron chi connectivity index (χ0n) is 52.1. The molecule has 5 aromatic rings. The summed E-state index contributed by atoms with van der Waals surface area (Å²) in [5.74, 6) is -3.19. The van der Waals surface area contributed by atoms with Crippen LogP contribution in [0.3, 0.4) is 0 Å². The standard InChI is InChI=1S/C63H80F4N12O11S/c1-38-33-78(34-39(2)75(38)7)50-29-48(64)45(27-49(50)73-59(85)46-32-70-54(82)28-47(46)63(65,66)67)43-12-13-52(69-31-43)76-17-19-77(20-18-76)56(84)15-14-53(81)68-16-21-88-22-23-89-24-25-90-36-55(83)74-58(62(4,5)6)61(87)79-35-44(80)26-51(79)60(86)71-30-41-8-10-42(11-9-41)57-40(3)72-37-91-57/h8-13,27-29,31-32,37-39,44,51,58,80H,14-26,30,33-36H2,1-7H3,(H,68,81)(H,70,82)(H,71,86)(H,73,85)(H,74,83)/t38-,39+,44-,51+,58-/m1/s1. The minimum Gasteiger partial charge on any atom is -0.391 e. The number of aliphatic hydroxyl groups excluding tert-OH is 1. The number of hydrogen-bond donors (Lipinski definition) is 6. The maximum absolute atomic E-state index is 16.2. The van der Waals surface area contributed by atoms with Crippen molar-refractivity contribution in [1.82, 2.24) is 45.6 Å². The number of benzene rings is 2. The number of carbonyl (C=O) groups excluding carboxylic acids is 6. The molecule has 91 heavy (non-hydrogen) atoms. The van der Waals surface area contributed by atoms with E-state index in [1.807, 2.05) is 61.9 Å². The fourth-order valence-corrected chi connectivity index (χ4v) is 11.9. The van der Waals surface area contributed by atoms with Gasteiger partial charge < -0.3 is 65.2 Å². The maximum atomic E-state index is 16.2. The third-order valence-electron chi connectivity index (χ3n) is 16.3. The van der Waals surface area contributed by atoms with Crippen molar-refractivity contribution in [3.05, 3.63) is 111 Å². The van der Waals surface area contributed by atoms with Crippen LogP contribution in [0.15, 0.2) is 77.3 Å². The number of ether oxygens (including phenoxy) is 3. The van der Waals surface area contributed by atoms with Gasteiger partial charge in [0.1, 0.15) is 30.3 Å². The Morgan fingerprint density at radius 2 is 1.48 bits per heavy atom. The Morgan fingerprint density at radius 1 is 0.813 bits per heavy atom. The van der Waals surface area contributed by atoms with E-state index in [-0.39, 0.29) is 119 Å². The normalized spacial score (nSPS) is 18.5. The number of likely N-dealkylation sites (N-methyl/N-ethyl adjacent to an activating group) is 1. The lowest BCUT2D eigenvalue weighted by atomic mass is 9.85. The molecule has 0 spiro atoms. The Kier molecular flexibility index (Phi) is 23.5. The third kappa shape index (κ3) is 18.4. The number of piperazine rings is 2. The summed E-state index contributed by atoms with van der Waals surface area (Å²) in [4.78, 5) is 113. The highest BCUT2D eigenvalue weighted by Crippen LogP contribution is 2.38. The molecular weight excluding hydrogens is 1210 g/mol. The van der Waals surface area contributed by atoms with Gasteiger partial charge in [0.2, 0.25) is 35.1 Å². The molecule has 8 rings (SSSR count). The zero-order valence-corrected chi connectivity index (χ0v) is 52.9. The van der Waals surface area contributed by atoms with Crippen LogP contribution in [-0.4, -0.2) is 200 Å². The van der Waals surface area contributed by atoms with Crippen LogP contribution >= 0.6 is 11.3 Å². The smallest absolute Gasteiger partial charge is 0.391 e. The van der Waals surface area contributed by atoms with Crippen LogP contribution in [-0.2, 0) is 50.9 Å². The number of carbonyl (C=O) groups is 6. The molecule has 2 aromatic carbocycles. The van der Waals surface area contributed by atoms with Crippen LogP contribution in [0.1, 0.15) is 81.1 Å². The third-order valence-corrected chi connectivity index (χ3v) is 17.3. The van der Waals surface area contributed by atoms with E-state index in [9.17, 15) is 51.8 Å². The number of rotatable bonds is 25. The number of aromatic nitrogens is 3. The number of aryl methyl sites for hydroxylation is 1. The molecule has 3 saturated heterocycles. The first kappa shape index (κ1) is 69.0. The molecule has 3 aliphatic heterocycles. The van der Waals surface area contributed by atoms with Crippen molar-refractivity contribution in [2.24, 2.45) is 5.41 Å². The Morgan fingerprint density at radius 3 is 2.12 bits per heavy atom. The van der Waals surface area contributed by atoms with Crippen molar-refractivity contribution in [1.29, 1.82) is 0 Å². The molecule has 3 fully saturated rings. The van der Waals surface area contributed by atoms with Gasteiger partial charge >= 0.3 is 6.18 Å². The van der Waals surface area contributed by atoms with Gasteiger partial charge in [0.05, 0.1) is 77.7 Å². The Bertz CT molecular complexity index is 3400. The molecule has 5 atom stereocenters. The van der Waals surface area contributed by atoms with Gasteiger partial charge in [0.15, 0.2) is 0 Å². The molecule has 492 valence electrons. The number of amides is 6. The minimum atomic E-state index is -5.01.